The number of ether oxygens (including phenoxy) is 1. The Hall–Kier alpha value is -1.60. The molecule has 1 aliphatic rings. The highest BCUT2D eigenvalue weighted by atomic mass is 32.2. The van der Waals surface area contributed by atoms with Gasteiger partial charge in [0.2, 0.25) is 5.91 Å². The predicted octanol–water partition coefficient (Wildman–Crippen LogP) is 0.531. The van der Waals surface area contributed by atoms with E-state index in [4.69, 9.17) is 9.15 Å². The lowest BCUT2D eigenvalue weighted by molar-refractivity contribution is -0.126. The summed E-state index contributed by atoms with van der Waals surface area (Å²) in [6.45, 7) is 2.23. The monoisotopic (exact) mass is 299 g/mol. The van der Waals surface area contributed by atoms with Crippen LogP contribution in [0.2, 0.25) is 0 Å². The molecule has 1 fully saturated rings. The lowest BCUT2D eigenvalue weighted by Gasteiger charge is -2.41. The van der Waals surface area contributed by atoms with Crippen LogP contribution in [0.15, 0.2) is 22.6 Å². The molecule has 2 heterocycles. The Kier molecular flexibility index (Phi) is 4.01. The minimum atomic E-state index is -3.19. The Labute approximate surface area is 117 Å². The van der Waals surface area contributed by atoms with Gasteiger partial charge < -0.3 is 14.5 Å². The number of furan rings is 1. The smallest absolute Gasteiger partial charge is 0.244 e. The van der Waals surface area contributed by atoms with Crippen molar-refractivity contribution < 1.29 is 22.4 Å². The molecule has 0 saturated carbocycles. The number of carbonyl (C=O) groups excluding carboxylic acids is 1. The highest BCUT2D eigenvalue weighted by molar-refractivity contribution is 7.90. The molecule has 1 aliphatic heterocycles. The number of hydrogen-bond donors (Lipinski definition) is 1. The number of rotatable bonds is 5. The van der Waals surface area contributed by atoms with E-state index in [0.717, 1.165) is 12.0 Å². The van der Waals surface area contributed by atoms with Crippen molar-refractivity contribution in [3.8, 4) is 0 Å². The van der Waals surface area contributed by atoms with E-state index in [1.807, 2.05) is 6.92 Å². The second-order valence-electron chi connectivity index (χ2n) is 5.11. The molecule has 0 aliphatic carbocycles. The van der Waals surface area contributed by atoms with E-state index < -0.39 is 15.4 Å². The van der Waals surface area contributed by atoms with Gasteiger partial charge in [0.1, 0.15) is 26.9 Å². The van der Waals surface area contributed by atoms with Crippen molar-refractivity contribution in [3.05, 3.63) is 29.7 Å². The van der Waals surface area contributed by atoms with E-state index in [2.05, 4.69) is 5.32 Å². The van der Waals surface area contributed by atoms with Crippen LogP contribution in [0, 0.1) is 6.92 Å². The van der Waals surface area contributed by atoms with Crippen LogP contribution in [0.1, 0.15) is 11.5 Å². The number of carbonyl (C=O) groups is 1. The van der Waals surface area contributed by atoms with Gasteiger partial charge in [0.05, 0.1) is 19.0 Å². The molecule has 0 unspecified atom stereocenters. The summed E-state index contributed by atoms with van der Waals surface area (Å²) in [5.41, 5.74) is -0.811. The van der Waals surface area contributed by atoms with Crippen LogP contribution < -0.4 is 5.32 Å². The maximum atomic E-state index is 11.8. The first-order chi connectivity index (χ1) is 9.28. The van der Waals surface area contributed by atoms with Crippen LogP contribution >= 0.6 is 0 Å². The highest BCUT2D eigenvalue weighted by Crippen LogP contribution is 2.19. The number of aryl methyl sites for hydroxylation is 1. The fraction of sp³-hybridized carbons (Fsp3) is 0.462. The molecule has 1 aromatic heterocycles. The molecule has 0 aromatic carbocycles. The topological polar surface area (TPSA) is 85.6 Å². The fourth-order valence-corrected chi connectivity index (χ4v) is 3.29. The second-order valence-corrected chi connectivity index (χ2v) is 7.25. The van der Waals surface area contributed by atoms with Crippen molar-refractivity contribution >= 4 is 21.8 Å². The predicted molar refractivity (Wildman–Crippen MR) is 73.9 cm³/mol. The van der Waals surface area contributed by atoms with Crippen LogP contribution in [-0.2, 0) is 19.4 Å². The average molecular weight is 299 g/mol. The van der Waals surface area contributed by atoms with Crippen molar-refractivity contribution in [1.82, 2.24) is 5.32 Å². The Morgan fingerprint density at radius 1 is 1.45 bits per heavy atom. The number of nitrogens with one attached hydrogen (secondary N) is 1. The van der Waals surface area contributed by atoms with E-state index in [1.165, 1.54) is 12.2 Å². The van der Waals surface area contributed by atoms with Gasteiger partial charge in [0.15, 0.2) is 0 Å². The van der Waals surface area contributed by atoms with Crippen LogP contribution in [0.3, 0.4) is 0 Å². The van der Waals surface area contributed by atoms with Crippen molar-refractivity contribution in [3.63, 3.8) is 0 Å². The third-order valence-corrected chi connectivity index (χ3v) is 3.92. The summed E-state index contributed by atoms with van der Waals surface area (Å²) in [7, 11) is -3.19. The van der Waals surface area contributed by atoms with Gasteiger partial charge in [-0.25, -0.2) is 8.42 Å². The van der Waals surface area contributed by atoms with E-state index in [9.17, 15) is 13.2 Å². The van der Waals surface area contributed by atoms with Crippen molar-refractivity contribution in [2.75, 3.05) is 25.2 Å². The Bertz CT molecular complexity index is 625. The van der Waals surface area contributed by atoms with Gasteiger partial charge in [-0.05, 0) is 25.1 Å². The molecule has 20 heavy (non-hydrogen) atoms. The SMILES string of the molecule is Cc1ccc(C=CC(=O)NC2(CS(C)(=O)=O)COC2)o1. The molecule has 7 heteroatoms. The molecular weight excluding hydrogens is 282 g/mol. The summed E-state index contributed by atoms with van der Waals surface area (Å²) in [5.74, 6) is 0.830. The maximum Gasteiger partial charge on any atom is 0.244 e. The molecule has 6 nitrogen and oxygen atoms in total. The second kappa shape index (κ2) is 5.41. The number of hydrogen-bond acceptors (Lipinski definition) is 5. The van der Waals surface area contributed by atoms with Gasteiger partial charge >= 0.3 is 0 Å². The first kappa shape index (κ1) is 14.8. The van der Waals surface area contributed by atoms with Crippen LogP contribution in [-0.4, -0.2) is 45.1 Å². The third kappa shape index (κ3) is 3.94. The molecule has 110 valence electrons. The summed E-state index contributed by atoms with van der Waals surface area (Å²) in [4.78, 5) is 11.8. The van der Waals surface area contributed by atoms with E-state index in [0.29, 0.717) is 5.76 Å². The van der Waals surface area contributed by atoms with E-state index in [1.54, 1.807) is 12.1 Å². The lowest BCUT2D eigenvalue weighted by atomic mass is 10.0. The molecule has 1 aromatic rings. The molecule has 0 bridgehead atoms. The molecule has 1 amide bonds. The first-order valence-corrected chi connectivity index (χ1v) is 8.16. The molecule has 0 spiro atoms. The Morgan fingerprint density at radius 3 is 2.60 bits per heavy atom. The first-order valence-electron chi connectivity index (χ1n) is 6.10. The summed E-state index contributed by atoms with van der Waals surface area (Å²) >= 11 is 0. The van der Waals surface area contributed by atoms with Crippen LogP contribution in [0.25, 0.3) is 6.08 Å². The van der Waals surface area contributed by atoms with Gasteiger partial charge in [-0.1, -0.05) is 0 Å². The zero-order valence-corrected chi connectivity index (χ0v) is 12.2. The maximum absolute atomic E-state index is 11.8. The van der Waals surface area contributed by atoms with E-state index in [-0.39, 0.29) is 24.9 Å². The Balaban J connectivity index is 1.98. The largest absolute Gasteiger partial charge is 0.462 e. The van der Waals surface area contributed by atoms with Crippen LogP contribution in [0.5, 0.6) is 0 Å². The zero-order chi connectivity index (χ0) is 14.8. The number of amides is 1. The normalized spacial score (nSPS) is 17.9. The minimum absolute atomic E-state index is 0.126. The fourth-order valence-electron chi connectivity index (χ4n) is 2.05. The Morgan fingerprint density at radius 2 is 2.15 bits per heavy atom. The van der Waals surface area contributed by atoms with Gasteiger partial charge in [0.25, 0.3) is 0 Å². The zero-order valence-electron chi connectivity index (χ0n) is 11.4. The highest BCUT2D eigenvalue weighted by Gasteiger charge is 2.42. The summed E-state index contributed by atoms with van der Waals surface area (Å²) in [6, 6.07) is 3.54. The van der Waals surface area contributed by atoms with E-state index >= 15 is 0 Å². The van der Waals surface area contributed by atoms with Crippen LogP contribution in [0.4, 0.5) is 0 Å². The van der Waals surface area contributed by atoms with Crippen molar-refractivity contribution in [1.29, 1.82) is 0 Å². The van der Waals surface area contributed by atoms with Gasteiger partial charge in [0, 0.05) is 12.3 Å². The number of sulfone groups is 1. The minimum Gasteiger partial charge on any atom is -0.462 e. The van der Waals surface area contributed by atoms with Gasteiger partial charge in [-0.3, -0.25) is 4.79 Å². The third-order valence-electron chi connectivity index (χ3n) is 2.84. The molecule has 0 atom stereocenters. The van der Waals surface area contributed by atoms with Crippen molar-refractivity contribution in [2.45, 2.75) is 12.5 Å². The summed E-state index contributed by atoms with van der Waals surface area (Å²) in [6.07, 6.45) is 4.00. The molecule has 0 radical (unpaired) electrons. The molecule has 1 N–H and O–H groups in total. The summed E-state index contributed by atoms with van der Waals surface area (Å²) < 4.78 is 33.1. The lowest BCUT2D eigenvalue weighted by Crippen LogP contribution is -2.65. The average Bonchev–Trinajstić information content (AvgIpc) is 2.68. The van der Waals surface area contributed by atoms with Gasteiger partial charge in [-0.15, -0.1) is 0 Å². The quantitative estimate of drug-likeness (QED) is 0.802. The standard InChI is InChI=1S/C13H17NO5S/c1-10-3-4-11(19-10)5-6-12(15)14-13(7-18-8-13)9-20(2,16)17/h3-6H,7-9H2,1-2H3,(H,14,15). The summed E-state index contributed by atoms with van der Waals surface area (Å²) in [5, 5.41) is 2.69. The molecular formula is C13H17NO5S. The molecule has 2 rings (SSSR count). The van der Waals surface area contributed by atoms with Crippen molar-refractivity contribution in [2.24, 2.45) is 0 Å². The molecule has 1 saturated heterocycles. The van der Waals surface area contributed by atoms with Gasteiger partial charge in [-0.2, -0.15) is 0 Å².